The Labute approximate surface area is 104 Å². The lowest BCUT2D eigenvalue weighted by Gasteiger charge is -2.20. The van der Waals surface area contributed by atoms with Crippen LogP contribution < -0.4 is 5.32 Å². The number of rotatable bonds is 4. The van der Waals surface area contributed by atoms with E-state index in [1.807, 2.05) is 6.07 Å². The number of halogens is 2. The Morgan fingerprint density at radius 2 is 2.27 bits per heavy atom. The highest BCUT2D eigenvalue weighted by Gasteiger charge is 2.06. The molecule has 1 rings (SSSR count). The lowest BCUT2D eigenvalue weighted by atomic mass is 10.3. The molecular weight excluding hydrogens is 277 g/mol. The Morgan fingerprint density at radius 1 is 1.60 bits per heavy atom. The monoisotopic (exact) mass is 291 g/mol. The predicted molar refractivity (Wildman–Crippen MR) is 68.6 cm³/mol. The summed E-state index contributed by atoms with van der Waals surface area (Å²) in [5, 5.41) is 3.90. The largest absolute Gasteiger partial charge is 0.368 e. The lowest BCUT2D eigenvalue weighted by molar-refractivity contribution is 0.326. The fourth-order valence-electron chi connectivity index (χ4n) is 0.972. The Hall–Kier alpha value is -0.320. The van der Waals surface area contributed by atoms with Crippen LogP contribution in [0.3, 0.4) is 0 Å². The van der Waals surface area contributed by atoms with Gasteiger partial charge in [0.25, 0.3) is 0 Å². The highest BCUT2D eigenvalue weighted by atomic mass is 79.9. The quantitative estimate of drug-likeness (QED) is 0.925. The molecule has 0 saturated carbocycles. The number of likely N-dealkylation sites (N-methyl/N-ethyl adjacent to an activating group) is 1. The van der Waals surface area contributed by atoms with Crippen molar-refractivity contribution >= 4 is 33.3 Å². The van der Waals surface area contributed by atoms with E-state index in [1.165, 1.54) is 0 Å². The molecular formula is C10H15BrClN3. The summed E-state index contributed by atoms with van der Waals surface area (Å²) in [4.78, 5) is 6.35. The summed E-state index contributed by atoms with van der Waals surface area (Å²) >= 11 is 9.21. The van der Waals surface area contributed by atoms with E-state index < -0.39 is 0 Å². The molecule has 0 spiro atoms. The molecule has 0 aromatic carbocycles. The van der Waals surface area contributed by atoms with Gasteiger partial charge in [0.05, 0.1) is 9.50 Å². The maximum Gasteiger partial charge on any atom is 0.140 e. The van der Waals surface area contributed by atoms with E-state index in [1.54, 1.807) is 6.20 Å². The molecule has 0 bridgehead atoms. The first-order valence-corrected chi connectivity index (χ1v) is 5.89. The third kappa shape index (κ3) is 3.97. The molecule has 0 radical (unpaired) electrons. The normalized spacial score (nSPS) is 12.9. The van der Waals surface area contributed by atoms with E-state index in [2.05, 4.69) is 52.1 Å². The molecule has 84 valence electrons. The van der Waals surface area contributed by atoms with Crippen LogP contribution >= 0.6 is 27.5 Å². The van der Waals surface area contributed by atoms with Crippen molar-refractivity contribution < 1.29 is 0 Å². The molecule has 0 saturated heterocycles. The van der Waals surface area contributed by atoms with Crippen LogP contribution in [0.5, 0.6) is 0 Å². The van der Waals surface area contributed by atoms with Gasteiger partial charge in [-0.25, -0.2) is 4.98 Å². The number of aromatic nitrogens is 1. The average molecular weight is 293 g/mol. The van der Waals surface area contributed by atoms with Gasteiger partial charge in [0.2, 0.25) is 0 Å². The zero-order valence-electron chi connectivity index (χ0n) is 9.09. The summed E-state index contributed by atoms with van der Waals surface area (Å²) < 4.78 is 0.890. The first-order valence-electron chi connectivity index (χ1n) is 4.72. The van der Waals surface area contributed by atoms with E-state index in [4.69, 9.17) is 11.6 Å². The van der Waals surface area contributed by atoms with Crippen LogP contribution in [0, 0.1) is 0 Å². The van der Waals surface area contributed by atoms with E-state index in [0.717, 1.165) is 16.8 Å². The van der Waals surface area contributed by atoms with Crippen molar-refractivity contribution in [2.45, 2.75) is 13.0 Å². The molecule has 3 nitrogen and oxygen atoms in total. The van der Waals surface area contributed by atoms with E-state index in [9.17, 15) is 0 Å². The van der Waals surface area contributed by atoms with Crippen LogP contribution in [0.4, 0.5) is 5.82 Å². The Morgan fingerprint density at radius 3 is 2.80 bits per heavy atom. The summed E-state index contributed by atoms with van der Waals surface area (Å²) in [5.41, 5.74) is 0. The second-order valence-corrected chi connectivity index (χ2v) is 4.97. The molecule has 0 amide bonds. The zero-order valence-corrected chi connectivity index (χ0v) is 11.4. The van der Waals surface area contributed by atoms with Gasteiger partial charge in [0.1, 0.15) is 5.82 Å². The molecule has 1 unspecified atom stereocenters. The van der Waals surface area contributed by atoms with Gasteiger partial charge < -0.3 is 10.2 Å². The molecule has 0 aliphatic rings. The Balaban J connectivity index is 2.58. The fourth-order valence-corrected chi connectivity index (χ4v) is 1.75. The predicted octanol–water partition coefficient (Wildman–Crippen LogP) is 2.86. The van der Waals surface area contributed by atoms with Crippen LogP contribution in [-0.4, -0.2) is 36.6 Å². The van der Waals surface area contributed by atoms with Crippen molar-refractivity contribution in [2.75, 3.05) is 26.0 Å². The smallest absolute Gasteiger partial charge is 0.140 e. The minimum Gasteiger partial charge on any atom is -0.368 e. The van der Waals surface area contributed by atoms with Crippen LogP contribution in [0.2, 0.25) is 5.02 Å². The Kier molecular flexibility index (Phi) is 4.83. The second-order valence-electron chi connectivity index (χ2n) is 3.68. The van der Waals surface area contributed by atoms with Gasteiger partial charge in [-0.1, -0.05) is 11.6 Å². The third-order valence-electron chi connectivity index (χ3n) is 2.25. The topological polar surface area (TPSA) is 28.2 Å². The third-order valence-corrected chi connectivity index (χ3v) is 3.07. The van der Waals surface area contributed by atoms with Crippen molar-refractivity contribution in [3.05, 3.63) is 21.8 Å². The number of nitrogens with one attached hydrogen (secondary N) is 1. The van der Waals surface area contributed by atoms with Crippen LogP contribution in [0.15, 0.2) is 16.7 Å². The summed E-state index contributed by atoms with van der Waals surface area (Å²) in [5.74, 6) is 0.827. The lowest BCUT2D eigenvalue weighted by Crippen LogP contribution is -2.31. The zero-order chi connectivity index (χ0) is 11.4. The van der Waals surface area contributed by atoms with E-state index in [0.29, 0.717) is 11.1 Å². The van der Waals surface area contributed by atoms with Crippen LogP contribution in [0.1, 0.15) is 6.92 Å². The molecule has 0 aliphatic carbocycles. The summed E-state index contributed by atoms with van der Waals surface area (Å²) in [6.07, 6.45) is 1.63. The molecule has 0 aliphatic heterocycles. The van der Waals surface area contributed by atoms with Crippen molar-refractivity contribution in [3.63, 3.8) is 0 Å². The average Bonchev–Trinajstić information content (AvgIpc) is 2.15. The summed E-state index contributed by atoms with van der Waals surface area (Å²) in [7, 11) is 4.10. The van der Waals surface area contributed by atoms with E-state index >= 15 is 0 Å². The van der Waals surface area contributed by atoms with Gasteiger partial charge in [-0.15, -0.1) is 0 Å². The SMILES string of the molecule is CC(CNc1ncc(Cl)cc1Br)N(C)C. The summed E-state index contributed by atoms with van der Waals surface area (Å²) in [6, 6.07) is 2.28. The molecule has 0 fully saturated rings. The molecule has 5 heteroatoms. The maximum absolute atomic E-state index is 5.80. The molecule has 1 aromatic heterocycles. The highest BCUT2D eigenvalue weighted by Crippen LogP contribution is 2.22. The molecule has 1 heterocycles. The van der Waals surface area contributed by atoms with Crippen LogP contribution in [0.25, 0.3) is 0 Å². The minimum atomic E-state index is 0.453. The number of hydrogen-bond donors (Lipinski definition) is 1. The molecule has 1 N–H and O–H groups in total. The van der Waals surface area contributed by atoms with Crippen molar-refractivity contribution in [1.82, 2.24) is 9.88 Å². The van der Waals surface area contributed by atoms with Gasteiger partial charge in [-0.2, -0.15) is 0 Å². The Bertz CT molecular complexity index is 330. The first kappa shape index (κ1) is 12.7. The fraction of sp³-hybridized carbons (Fsp3) is 0.500. The summed E-state index contributed by atoms with van der Waals surface area (Å²) in [6.45, 7) is 3.00. The van der Waals surface area contributed by atoms with Crippen LogP contribution in [-0.2, 0) is 0 Å². The van der Waals surface area contributed by atoms with E-state index in [-0.39, 0.29) is 0 Å². The van der Waals surface area contributed by atoms with Gasteiger partial charge >= 0.3 is 0 Å². The van der Waals surface area contributed by atoms with Crippen molar-refractivity contribution in [2.24, 2.45) is 0 Å². The number of nitrogens with zero attached hydrogens (tertiary/aromatic N) is 2. The first-order chi connectivity index (χ1) is 7.00. The highest BCUT2D eigenvalue weighted by molar-refractivity contribution is 9.10. The molecule has 1 aromatic rings. The number of pyridine rings is 1. The van der Waals surface area contributed by atoms with Gasteiger partial charge in [-0.3, -0.25) is 0 Å². The molecule has 15 heavy (non-hydrogen) atoms. The number of anilines is 1. The molecule has 1 atom stereocenters. The van der Waals surface area contributed by atoms with Crippen molar-refractivity contribution in [3.8, 4) is 0 Å². The van der Waals surface area contributed by atoms with Gasteiger partial charge in [0.15, 0.2) is 0 Å². The van der Waals surface area contributed by atoms with Gasteiger partial charge in [-0.05, 0) is 43.0 Å². The minimum absolute atomic E-state index is 0.453. The second kappa shape index (κ2) is 5.68. The standard InChI is InChI=1S/C10H15BrClN3/c1-7(15(2)3)5-13-10-9(11)4-8(12)6-14-10/h4,6-7H,5H2,1-3H3,(H,13,14). The number of hydrogen-bond acceptors (Lipinski definition) is 3. The van der Waals surface area contributed by atoms with Gasteiger partial charge in [0, 0.05) is 18.8 Å². The maximum atomic E-state index is 5.80. The van der Waals surface area contributed by atoms with Crippen molar-refractivity contribution in [1.29, 1.82) is 0 Å².